The summed E-state index contributed by atoms with van der Waals surface area (Å²) in [6, 6.07) is 6.87. The summed E-state index contributed by atoms with van der Waals surface area (Å²) in [7, 11) is 0. The molecular weight excluding hydrogens is 361 g/mol. The third-order valence-electron chi connectivity index (χ3n) is 5.46. The summed E-state index contributed by atoms with van der Waals surface area (Å²) in [5.74, 6) is 0.767. The van der Waals surface area contributed by atoms with Gasteiger partial charge in [-0.15, -0.1) is 0 Å². The maximum Gasteiger partial charge on any atom is 0.166 e. The molecule has 0 radical (unpaired) electrons. The Balaban J connectivity index is 1.58. The number of aromatic nitrogens is 2. The zero-order valence-corrected chi connectivity index (χ0v) is 15.5. The Bertz CT molecular complexity index is 1080. The van der Waals surface area contributed by atoms with E-state index in [1.807, 2.05) is 18.3 Å². The van der Waals surface area contributed by atoms with Crippen molar-refractivity contribution in [1.29, 1.82) is 0 Å². The summed E-state index contributed by atoms with van der Waals surface area (Å²) in [6.45, 7) is 3.27. The van der Waals surface area contributed by atoms with E-state index in [1.54, 1.807) is 23.7 Å². The Hall–Kier alpha value is -3.09. The van der Waals surface area contributed by atoms with Crippen molar-refractivity contribution in [2.24, 2.45) is 0 Å². The molecule has 2 aliphatic heterocycles. The number of Topliss-reactive ketones (excluding diaryl/α,β-unsaturated/α-hetero) is 1. The third-order valence-corrected chi connectivity index (χ3v) is 5.46. The van der Waals surface area contributed by atoms with Crippen LogP contribution in [0.15, 0.2) is 36.7 Å². The number of pyridine rings is 1. The lowest BCUT2D eigenvalue weighted by Gasteiger charge is -2.30. The van der Waals surface area contributed by atoms with Gasteiger partial charge in [-0.05, 0) is 38.0 Å². The van der Waals surface area contributed by atoms with Gasteiger partial charge in [0.25, 0.3) is 0 Å². The third kappa shape index (κ3) is 2.69. The number of rotatable bonds is 3. The molecule has 1 saturated heterocycles. The normalized spacial score (nSPS) is 18.6. The predicted molar refractivity (Wildman–Crippen MR) is 102 cm³/mol. The van der Waals surface area contributed by atoms with Gasteiger partial charge in [-0.25, -0.2) is 8.91 Å². The lowest BCUT2D eigenvalue weighted by atomic mass is 10.0. The van der Waals surface area contributed by atoms with E-state index in [9.17, 15) is 9.18 Å². The van der Waals surface area contributed by atoms with Crippen molar-refractivity contribution >= 4 is 17.0 Å². The number of hydrogen-bond acceptors (Lipinski definition) is 5. The van der Waals surface area contributed by atoms with Crippen LogP contribution in [0.4, 0.5) is 10.1 Å². The topological polar surface area (TPSA) is 56.1 Å². The van der Waals surface area contributed by atoms with Crippen molar-refractivity contribution in [1.82, 2.24) is 9.61 Å². The number of carbonyl (C=O) groups is 1. The number of fused-ring (bicyclic) bond motifs is 2. The zero-order chi connectivity index (χ0) is 19.3. The molecular formula is C21H20FN3O3. The molecule has 0 amide bonds. The largest absolute Gasteiger partial charge is 0.486 e. The second kappa shape index (κ2) is 6.51. The lowest BCUT2D eigenvalue weighted by Crippen LogP contribution is -2.25. The first-order valence-corrected chi connectivity index (χ1v) is 9.46. The molecule has 0 saturated carbocycles. The molecule has 0 bridgehead atoms. The van der Waals surface area contributed by atoms with Gasteiger partial charge in [-0.2, -0.15) is 5.10 Å². The lowest BCUT2D eigenvalue weighted by molar-refractivity contribution is 0.101. The Morgan fingerprint density at radius 1 is 1.25 bits per heavy atom. The van der Waals surface area contributed by atoms with Gasteiger partial charge in [0.15, 0.2) is 17.3 Å². The molecule has 2 aromatic heterocycles. The maximum atomic E-state index is 14.2. The molecule has 4 heterocycles. The summed E-state index contributed by atoms with van der Waals surface area (Å²) in [6.07, 6.45) is 5.33. The fourth-order valence-corrected chi connectivity index (χ4v) is 4.21. The molecule has 144 valence electrons. The number of ketones is 1. The molecule has 1 unspecified atom stereocenters. The molecule has 2 aliphatic rings. The van der Waals surface area contributed by atoms with E-state index in [0.717, 1.165) is 36.2 Å². The minimum Gasteiger partial charge on any atom is -0.486 e. The summed E-state index contributed by atoms with van der Waals surface area (Å²) < 4.78 is 27.4. The van der Waals surface area contributed by atoms with E-state index in [4.69, 9.17) is 9.47 Å². The summed E-state index contributed by atoms with van der Waals surface area (Å²) in [4.78, 5) is 14.1. The quantitative estimate of drug-likeness (QED) is 0.646. The summed E-state index contributed by atoms with van der Waals surface area (Å²) >= 11 is 0. The molecule has 3 aromatic rings. The van der Waals surface area contributed by atoms with Crippen molar-refractivity contribution in [3.8, 4) is 11.5 Å². The fraction of sp³-hybridized carbons (Fsp3) is 0.333. The fourth-order valence-electron chi connectivity index (χ4n) is 4.21. The van der Waals surface area contributed by atoms with Crippen LogP contribution in [-0.2, 0) is 0 Å². The van der Waals surface area contributed by atoms with Gasteiger partial charge in [0, 0.05) is 30.1 Å². The highest BCUT2D eigenvalue weighted by Crippen LogP contribution is 2.45. The van der Waals surface area contributed by atoms with E-state index in [2.05, 4.69) is 10.00 Å². The van der Waals surface area contributed by atoms with E-state index in [-0.39, 0.29) is 17.6 Å². The van der Waals surface area contributed by atoms with Gasteiger partial charge in [-0.1, -0.05) is 0 Å². The van der Waals surface area contributed by atoms with Crippen LogP contribution in [0.1, 0.15) is 41.7 Å². The molecule has 0 N–H and O–H groups in total. The van der Waals surface area contributed by atoms with Crippen molar-refractivity contribution in [3.05, 3.63) is 53.6 Å². The van der Waals surface area contributed by atoms with Gasteiger partial charge in [0.2, 0.25) is 0 Å². The molecule has 28 heavy (non-hydrogen) atoms. The Labute approximate surface area is 161 Å². The second-order valence-electron chi connectivity index (χ2n) is 7.20. The van der Waals surface area contributed by atoms with Gasteiger partial charge in [0.05, 0.1) is 23.3 Å². The first-order chi connectivity index (χ1) is 13.6. The van der Waals surface area contributed by atoms with Crippen molar-refractivity contribution in [2.45, 2.75) is 25.8 Å². The molecule has 1 fully saturated rings. The van der Waals surface area contributed by atoms with E-state index >= 15 is 0 Å². The zero-order valence-electron chi connectivity index (χ0n) is 15.5. The van der Waals surface area contributed by atoms with Crippen LogP contribution >= 0.6 is 0 Å². The van der Waals surface area contributed by atoms with Crippen LogP contribution < -0.4 is 14.4 Å². The molecule has 1 aromatic carbocycles. The minimum atomic E-state index is -0.323. The highest BCUT2D eigenvalue weighted by Gasteiger charge is 2.32. The number of halogens is 1. The average Bonchev–Trinajstić information content (AvgIpc) is 3.33. The van der Waals surface area contributed by atoms with Gasteiger partial charge in [-0.3, -0.25) is 4.79 Å². The van der Waals surface area contributed by atoms with Crippen LogP contribution in [0.3, 0.4) is 0 Å². The van der Waals surface area contributed by atoms with E-state index < -0.39 is 0 Å². The molecule has 0 spiro atoms. The molecule has 5 rings (SSSR count). The Morgan fingerprint density at radius 2 is 2.11 bits per heavy atom. The maximum absolute atomic E-state index is 14.2. The highest BCUT2D eigenvalue weighted by molar-refractivity contribution is 6.00. The van der Waals surface area contributed by atoms with Crippen LogP contribution in [0.25, 0.3) is 5.52 Å². The average molecular weight is 381 g/mol. The van der Waals surface area contributed by atoms with Crippen molar-refractivity contribution in [2.75, 3.05) is 24.7 Å². The van der Waals surface area contributed by atoms with Crippen molar-refractivity contribution in [3.63, 3.8) is 0 Å². The van der Waals surface area contributed by atoms with Gasteiger partial charge >= 0.3 is 0 Å². The number of hydrogen-bond donors (Lipinski definition) is 0. The standard InChI is InChI=1S/C21H20FN3O3/c1-13(26)17-12-23-25-6-4-15(11-19(17)25)24-5-2-3-18(24)16-9-14(22)10-20-21(16)28-8-7-27-20/h4,6,9-12,18H,2-3,5,7-8H2,1H3. The molecule has 0 aliphatic carbocycles. The first kappa shape index (κ1) is 17.0. The van der Waals surface area contributed by atoms with Crippen LogP contribution in [-0.4, -0.2) is 35.2 Å². The monoisotopic (exact) mass is 381 g/mol. The molecule has 6 nitrogen and oxygen atoms in total. The second-order valence-corrected chi connectivity index (χ2v) is 7.20. The summed E-state index contributed by atoms with van der Waals surface area (Å²) in [5, 5.41) is 4.25. The number of carbonyl (C=O) groups excluding carboxylic acids is 1. The van der Waals surface area contributed by atoms with Gasteiger partial charge < -0.3 is 14.4 Å². The Morgan fingerprint density at radius 3 is 2.96 bits per heavy atom. The Kier molecular flexibility index (Phi) is 3.96. The number of benzene rings is 1. The van der Waals surface area contributed by atoms with Crippen LogP contribution in [0.5, 0.6) is 11.5 Å². The van der Waals surface area contributed by atoms with Crippen LogP contribution in [0.2, 0.25) is 0 Å². The minimum absolute atomic E-state index is 0.0164. The van der Waals surface area contributed by atoms with E-state index in [1.165, 1.54) is 6.07 Å². The first-order valence-electron chi connectivity index (χ1n) is 9.46. The smallest absolute Gasteiger partial charge is 0.166 e. The van der Waals surface area contributed by atoms with Gasteiger partial charge in [0.1, 0.15) is 19.0 Å². The predicted octanol–water partition coefficient (Wildman–Crippen LogP) is 3.79. The number of anilines is 1. The SMILES string of the molecule is CC(=O)c1cnn2ccc(N3CCCC3c3cc(F)cc4c3OCCO4)cc12. The molecule has 1 atom stereocenters. The van der Waals surface area contributed by atoms with E-state index in [0.29, 0.717) is 30.3 Å². The molecule has 7 heteroatoms. The highest BCUT2D eigenvalue weighted by atomic mass is 19.1. The van der Waals surface area contributed by atoms with Crippen LogP contribution in [0, 0.1) is 5.82 Å². The number of ether oxygens (including phenoxy) is 2. The number of nitrogens with zero attached hydrogens (tertiary/aromatic N) is 3. The summed E-state index contributed by atoms with van der Waals surface area (Å²) in [5.41, 5.74) is 3.16. The van der Waals surface area contributed by atoms with Crippen molar-refractivity contribution < 1.29 is 18.7 Å².